The van der Waals surface area contributed by atoms with Gasteiger partial charge in [0.25, 0.3) is 0 Å². The molecule has 3 amide bonds. The minimum absolute atomic E-state index is 0.182. The molecule has 2 saturated heterocycles. The molecule has 0 radical (unpaired) electrons. The van der Waals surface area contributed by atoms with Crippen molar-refractivity contribution in [2.45, 2.75) is 69.1 Å². The Hall–Kier alpha value is -3.22. The van der Waals surface area contributed by atoms with Crippen molar-refractivity contribution in [1.82, 2.24) is 15.1 Å². The predicted octanol–water partition coefficient (Wildman–Crippen LogP) is -1.80. The Bertz CT molecular complexity index is 787. The van der Waals surface area contributed by atoms with Crippen LogP contribution in [0.4, 0.5) is 0 Å². The summed E-state index contributed by atoms with van der Waals surface area (Å²) in [6, 6.07) is -4.64. The molecule has 2 aliphatic heterocycles. The average Bonchev–Trinajstić information content (AvgIpc) is 3.38. The lowest BCUT2D eigenvalue weighted by Crippen LogP contribution is -2.57. The molecule has 2 aliphatic rings. The molecule has 4 unspecified atom stereocenters. The molecule has 6 N–H and O–H groups in total. The molecule has 0 aromatic carbocycles. The van der Waals surface area contributed by atoms with Gasteiger partial charge in [0, 0.05) is 19.5 Å². The Morgan fingerprint density at radius 3 is 2.06 bits per heavy atom. The van der Waals surface area contributed by atoms with E-state index in [0.29, 0.717) is 25.7 Å². The second-order valence-electron chi connectivity index (χ2n) is 7.92. The maximum Gasteiger partial charge on any atom is 0.326 e. The molecule has 2 fully saturated rings. The number of carboxylic acids is 3. The molecule has 0 bridgehead atoms. The molecule has 32 heavy (non-hydrogen) atoms. The van der Waals surface area contributed by atoms with Crippen LogP contribution in [0.25, 0.3) is 0 Å². The number of nitrogens with one attached hydrogen (secondary N) is 1. The first kappa shape index (κ1) is 25.0. The molecule has 2 heterocycles. The summed E-state index contributed by atoms with van der Waals surface area (Å²) in [6.45, 7) is 0.443. The Morgan fingerprint density at radius 1 is 0.906 bits per heavy atom. The zero-order chi connectivity index (χ0) is 24.0. The van der Waals surface area contributed by atoms with E-state index in [-0.39, 0.29) is 19.5 Å². The number of amides is 3. The van der Waals surface area contributed by atoms with Crippen molar-refractivity contribution in [2.75, 3.05) is 13.1 Å². The number of likely N-dealkylation sites (tertiary alicyclic amines) is 2. The van der Waals surface area contributed by atoms with Gasteiger partial charge in [0.1, 0.15) is 18.1 Å². The van der Waals surface area contributed by atoms with Crippen LogP contribution < -0.4 is 11.1 Å². The third kappa shape index (κ3) is 6.15. The molecule has 2 rings (SSSR count). The maximum absolute atomic E-state index is 13.2. The fraction of sp³-hybridized carbons (Fsp3) is 0.684. The Kier molecular flexibility index (Phi) is 8.52. The highest BCUT2D eigenvalue weighted by molar-refractivity contribution is 5.95. The van der Waals surface area contributed by atoms with Crippen molar-refractivity contribution >= 4 is 35.6 Å². The van der Waals surface area contributed by atoms with Crippen molar-refractivity contribution in [3.05, 3.63) is 0 Å². The van der Waals surface area contributed by atoms with Crippen LogP contribution in [0.15, 0.2) is 0 Å². The molecule has 13 heteroatoms. The second kappa shape index (κ2) is 10.9. The highest BCUT2D eigenvalue weighted by Gasteiger charge is 2.43. The molecule has 0 aromatic heterocycles. The number of rotatable bonds is 10. The number of aliphatic carboxylic acids is 3. The molecular weight excluding hydrogens is 428 g/mol. The normalized spacial score (nSPS) is 22.3. The van der Waals surface area contributed by atoms with E-state index >= 15 is 0 Å². The van der Waals surface area contributed by atoms with Gasteiger partial charge >= 0.3 is 17.9 Å². The van der Waals surface area contributed by atoms with Crippen LogP contribution in [0.2, 0.25) is 0 Å². The number of nitrogens with two attached hydrogens (primary N) is 1. The number of hydrogen-bond acceptors (Lipinski definition) is 7. The number of carbonyl (C=O) groups excluding carboxylic acids is 3. The number of nitrogens with zero attached hydrogens (tertiary/aromatic N) is 2. The van der Waals surface area contributed by atoms with Crippen molar-refractivity contribution < 1.29 is 44.1 Å². The summed E-state index contributed by atoms with van der Waals surface area (Å²) in [4.78, 5) is 74.1. The van der Waals surface area contributed by atoms with Gasteiger partial charge in [-0.3, -0.25) is 24.0 Å². The third-order valence-corrected chi connectivity index (χ3v) is 5.63. The van der Waals surface area contributed by atoms with Crippen LogP contribution >= 0.6 is 0 Å². The zero-order valence-electron chi connectivity index (χ0n) is 17.4. The summed E-state index contributed by atoms with van der Waals surface area (Å²) in [5.41, 5.74) is 5.53. The fourth-order valence-electron chi connectivity index (χ4n) is 4.05. The summed E-state index contributed by atoms with van der Waals surface area (Å²) in [5.74, 6) is -5.75. The number of carboxylic acid groups (broad SMARTS) is 3. The largest absolute Gasteiger partial charge is 0.481 e. The van der Waals surface area contributed by atoms with Gasteiger partial charge in [-0.05, 0) is 32.1 Å². The molecular formula is C19H28N4O9. The van der Waals surface area contributed by atoms with E-state index in [1.165, 1.54) is 9.80 Å². The Morgan fingerprint density at radius 2 is 1.50 bits per heavy atom. The van der Waals surface area contributed by atoms with E-state index in [9.17, 15) is 33.9 Å². The van der Waals surface area contributed by atoms with E-state index in [4.69, 9.17) is 15.9 Å². The lowest BCUT2D eigenvalue weighted by molar-refractivity contribution is -0.152. The Labute approximate surface area is 183 Å². The van der Waals surface area contributed by atoms with Gasteiger partial charge in [-0.2, -0.15) is 0 Å². The van der Waals surface area contributed by atoms with Gasteiger partial charge < -0.3 is 36.2 Å². The van der Waals surface area contributed by atoms with Gasteiger partial charge in [0.15, 0.2) is 0 Å². The van der Waals surface area contributed by atoms with Gasteiger partial charge in [-0.1, -0.05) is 0 Å². The van der Waals surface area contributed by atoms with Gasteiger partial charge in [0.2, 0.25) is 17.7 Å². The van der Waals surface area contributed by atoms with Crippen molar-refractivity contribution in [2.24, 2.45) is 5.73 Å². The fourth-order valence-corrected chi connectivity index (χ4v) is 4.05. The number of hydrogen-bond donors (Lipinski definition) is 5. The van der Waals surface area contributed by atoms with E-state index < -0.39 is 72.6 Å². The number of carbonyl (C=O) groups is 6. The highest BCUT2D eigenvalue weighted by atomic mass is 16.4. The van der Waals surface area contributed by atoms with E-state index in [1.54, 1.807) is 0 Å². The monoisotopic (exact) mass is 456 g/mol. The first-order chi connectivity index (χ1) is 15.0. The lowest BCUT2D eigenvalue weighted by atomic mass is 10.1. The van der Waals surface area contributed by atoms with Crippen molar-refractivity contribution in [3.63, 3.8) is 0 Å². The molecule has 0 aliphatic carbocycles. The minimum atomic E-state index is -1.44. The molecule has 178 valence electrons. The smallest absolute Gasteiger partial charge is 0.326 e. The van der Waals surface area contributed by atoms with E-state index in [2.05, 4.69) is 5.32 Å². The maximum atomic E-state index is 13.2. The average molecular weight is 456 g/mol. The van der Waals surface area contributed by atoms with Crippen molar-refractivity contribution in [3.8, 4) is 0 Å². The van der Waals surface area contributed by atoms with Crippen LogP contribution in [0.1, 0.15) is 44.9 Å². The molecule has 4 atom stereocenters. The SMILES string of the molecule is NC(CC(=O)O)C(=O)NC(CCC(=O)O)C(=O)N1CCCC1C(=O)N1CCCC1C(=O)O. The zero-order valence-corrected chi connectivity index (χ0v) is 17.4. The van der Waals surface area contributed by atoms with Crippen LogP contribution in [0.3, 0.4) is 0 Å². The lowest BCUT2D eigenvalue weighted by Gasteiger charge is -2.32. The summed E-state index contributed by atoms with van der Waals surface area (Å²) in [6.07, 6.45) is 0.227. The summed E-state index contributed by atoms with van der Waals surface area (Å²) < 4.78 is 0. The molecule has 0 saturated carbocycles. The molecule has 13 nitrogen and oxygen atoms in total. The standard InChI is InChI=1S/C19H28N4O9/c20-10(9-15(26)27)16(28)21-11(5-6-14(24)25)17(29)22-7-1-3-12(22)18(30)23-8-2-4-13(23)19(31)32/h10-13H,1-9,20H2,(H,21,28)(H,24,25)(H,26,27)(H,31,32). The van der Waals surface area contributed by atoms with Crippen LogP contribution in [-0.4, -0.2) is 98.0 Å². The topological polar surface area (TPSA) is 208 Å². The summed E-state index contributed by atoms with van der Waals surface area (Å²) in [7, 11) is 0. The van der Waals surface area contributed by atoms with Gasteiger partial charge in [-0.15, -0.1) is 0 Å². The van der Waals surface area contributed by atoms with E-state index in [0.717, 1.165) is 0 Å². The molecule has 0 spiro atoms. The second-order valence-corrected chi connectivity index (χ2v) is 7.92. The van der Waals surface area contributed by atoms with Crippen LogP contribution in [0.5, 0.6) is 0 Å². The van der Waals surface area contributed by atoms with Crippen LogP contribution in [-0.2, 0) is 28.8 Å². The summed E-state index contributed by atoms with van der Waals surface area (Å²) >= 11 is 0. The highest BCUT2D eigenvalue weighted by Crippen LogP contribution is 2.26. The Balaban J connectivity index is 2.16. The third-order valence-electron chi connectivity index (χ3n) is 5.63. The van der Waals surface area contributed by atoms with E-state index in [1.807, 2.05) is 0 Å². The van der Waals surface area contributed by atoms with Gasteiger partial charge in [-0.25, -0.2) is 4.79 Å². The van der Waals surface area contributed by atoms with Crippen molar-refractivity contribution in [1.29, 1.82) is 0 Å². The first-order valence-electron chi connectivity index (χ1n) is 10.4. The van der Waals surface area contributed by atoms with Gasteiger partial charge in [0.05, 0.1) is 12.5 Å². The minimum Gasteiger partial charge on any atom is -0.481 e. The first-order valence-corrected chi connectivity index (χ1v) is 10.4. The van der Waals surface area contributed by atoms with Crippen LogP contribution in [0, 0.1) is 0 Å². The summed E-state index contributed by atoms with van der Waals surface area (Å²) in [5, 5.41) is 29.4. The predicted molar refractivity (Wildman–Crippen MR) is 106 cm³/mol. The quantitative estimate of drug-likeness (QED) is 0.249. The molecule has 0 aromatic rings.